The maximum Gasteiger partial charge on any atom is 0.239 e. The molecule has 0 aliphatic heterocycles. The molecule has 1 saturated carbocycles. The lowest BCUT2D eigenvalue weighted by atomic mass is 9.80. The highest BCUT2D eigenvalue weighted by Gasteiger charge is 2.34. The summed E-state index contributed by atoms with van der Waals surface area (Å²) in [4.78, 5) is 23.3. The second kappa shape index (κ2) is 7.40. The smallest absolute Gasteiger partial charge is 0.239 e. The van der Waals surface area contributed by atoms with E-state index in [9.17, 15) is 14.7 Å². The van der Waals surface area contributed by atoms with Crippen LogP contribution < -0.4 is 10.6 Å². The summed E-state index contributed by atoms with van der Waals surface area (Å²) in [6.07, 6.45) is 3.49. The quantitative estimate of drug-likeness (QED) is 0.705. The van der Waals surface area contributed by atoms with Crippen LogP contribution in [0.5, 0.6) is 0 Å². The molecule has 0 atom stereocenters. The zero-order chi connectivity index (χ0) is 16.0. The number of carbonyl (C=O) groups is 2. The maximum atomic E-state index is 11.7. The molecule has 1 aliphatic carbocycles. The van der Waals surface area contributed by atoms with Crippen molar-refractivity contribution in [3.8, 4) is 0 Å². The zero-order valence-corrected chi connectivity index (χ0v) is 13.0. The Morgan fingerprint density at radius 3 is 2.41 bits per heavy atom. The molecule has 120 valence electrons. The van der Waals surface area contributed by atoms with Crippen molar-refractivity contribution in [1.29, 1.82) is 0 Å². The van der Waals surface area contributed by atoms with Crippen molar-refractivity contribution in [1.82, 2.24) is 10.6 Å². The first-order valence-electron chi connectivity index (χ1n) is 7.78. The predicted molar refractivity (Wildman–Crippen MR) is 84.3 cm³/mol. The fraction of sp³-hybridized carbons (Fsp3) is 0.529. The first-order valence-corrected chi connectivity index (χ1v) is 7.78. The number of hydrogen-bond donors (Lipinski definition) is 3. The molecule has 1 aliphatic rings. The van der Waals surface area contributed by atoms with Gasteiger partial charge in [-0.25, -0.2) is 0 Å². The number of benzene rings is 1. The minimum atomic E-state index is -0.731. The van der Waals surface area contributed by atoms with Gasteiger partial charge in [0.15, 0.2) is 0 Å². The summed E-state index contributed by atoms with van der Waals surface area (Å²) >= 11 is 0. The standard InChI is InChI=1S/C17H24N2O3/c1-13-3-5-14(6-4-13)7-8-15(20)18-11-16(21)19-12-17(22)9-2-10-17/h3-6,22H,2,7-12H2,1H3,(H,18,20)(H,19,21). The average Bonchev–Trinajstić information content (AvgIpc) is 2.48. The molecule has 1 aromatic carbocycles. The predicted octanol–water partition coefficient (Wildman–Crippen LogP) is 1.08. The number of aryl methyl sites for hydroxylation is 2. The van der Waals surface area contributed by atoms with E-state index in [4.69, 9.17) is 0 Å². The van der Waals surface area contributed by atoms with Gasteiger partial charge in [0.05, 0.1) is 12.1 Å². The van der Waals surface area contributed by atoms with Gasteiger partial charge in [0.1, 0.15) is 0 Å². The number of nitrogens with one attached hydrogen (secondary N) is 2. The van der Waals surface area contributed by atoms with Gasteiger partial charge in [-0.3, -0.25) is 9.59 Å². The molecule has 0 unspecified atom stereocenters. The third kappa shape index (κ3) is 5.15. The summed E-state index contributed by atoms with van der Waals surface area (Å²) in [5, 5.41) is 15.1. The fourth-order valence-electron chi connectivity index (χ4n) is 2.37. The van der Waals surface area contributed by atoms with Gasteiger partial charge in [-0.05, 0) is 38.2 Å². The lowest BCUT2D eigenvalue weighted by Crippen LogP contribution is -2.49. The molecule has 2 amide bonds. The van der Waals surface area contributed by atoms with Gasteiger partial charge in [-0.15, -0.1) is 0 Å². The van der Waals surface area contributed by atoms with Gasteiger partial charge in [0.25, 0.3) is 0 Å². The van der Waals surface area contributed by atoms with Gasteiger partial charge in [-0.1, -0.05) is 29.8 Å². The molecule has 1 aromatic rings. The van der Waals surface area contributed by atoms with E-state index in [1.807, 2.05) is 31.2 Å². The normalized spacial score (nSPS) is 15.7. The molecular weight excluding hydrogens is 280 g/mol. The van der Waals surface area contributed by atoms with Crippen LogP contribution in [0.2, 0.25) is 0 Å². The van der Waals surface area contributed by atoms with Crippen LogP contribution in [0.3, 0.4) is 0 Å². The highest BCUT2D eigenvalue weighted by atomic mass is 16.3. The third-order valence-corrected chi connectivity index (χ3v) is 4.11. The summed E-state index contributed by atoms with van der Waals surface area (Å²) in [7, 11) is 0. The number of carbonyl (C=O) groups excluding carboxylic acids is 2. The molecule has 0 spiro atoms. The molecule has 1 fully saturated rings. The number of hydrogen-bond acceptors (Lipinski definition) is 3. The van der Waals surface area contributed by atoms with E-state index >= 15 is 0 Å². The van der Waals surface area contributed by atoms with Crippen LogP contribution in [-0.2, 0) is 16.0 Å². The number of amides is 2. The minimum Gasteiger partial charge on any atom is -0.388 e. The van der Waals surface area contributed by atoms with Crippen molar-refractivity contribution >= 4 is 11.8 Å². The van der Waals surface area contributed by atoms with Gasteiger partial charge in [0.2, 0.25) is 11.8 Å². The third-order valence-electron chi connectivity index (χ3n) is 4.11. The lowest BCUT2D eigenvalue weighted by Gasteiger charge is -2.36. The summed E-state index contributed by atoms with van der Waals surface area (Å²) in [6, 6.07) is 8.06. The monoisotopic (exact) mass is 304 g/mol. The summed E-state index contributed by atoms with van der Waals surface area (Å²) < 4.78 is 0. The second-order valence-electron chi connectivity index (χ2n) is 6.12. The molecule has 0 saturated heterocycles. The Morgan fingerprint density at radius 1 is 1.14 bits per heavy atom. The zero-order valence-electron chi connectivity index (χ0n) is 13.0. The Kier molecular flexibility index (Phi) is 5.55. The molecule has 3 N–H and O–H groups in total. The summed E-state index contributed by atoms with van der Waals surface area (Å²) in [5.41, 5.74) is 1.57. The van der Waals surface area contributed by atoms with Gasteiger partial charge in [0, 0.05) is 13.0 Å². The van der Waals surface area contributed by atoms with Crippen molar-refractivity contribution in [2.24, 2.45) is 0 Å². The molecule has 5 heteroatoms. The van der Waals surface area contributed by atoms with Crippen LogP contribution in [0.15, 0.2) is 24.3 Å². The first kappa shape index (κ1) is 16.5. The Hall–Kier alpha value is -1.88. The molecule has 0 radical (unpaired) electrons. The number of rotatable bonds is 7. The van der Waals surface area contributed by atoms with Crippen molar-refractivity contribution < 1.29 is 14.7 Å². The molecule has 0 aromatic heterocycles. The Morgan fingerprint density at radius 2 is 1.82 bits per heavy atom. The Labute approximate surface area is 131 Å². The minimum absolute atomic E-state index is 0.0389. The van der Waals surface area contributed by atoms with Crippen LogP contribution in [-0.4, -0.2) is 35.6 Å². The van der Waals surface area contributed by atoms with Crippen LogP contribution in [0.25, 0.3) is 0 Å². The topological polar surface area (TPSA) is 78.4 Å². The van der Waals surface area contributed by atoms with E-state index in [-0.39, 0.29) is 24.9 Å². The SMILES string of the molecule is Cc1ccc(CCC(=O)NCC(=O)NCC2(O)CCC2)cc1. The largest absolute Gasteiger partial charge is 0.388 e. The van der Waals surface area contributed by atoms with Crippen molar-refractivity contribution in [2.75, 3.05) is 13.1 Å². The average molecular weight is 304 g/mol. The van der Waals surface area contributed by atoms with Gasteiger partial charge in [-0.2, -0.15) is 0 Å². The first-order chi connectivity index (χ1) is 10.5. The maximum absolute atomic E-state index is 11.7. The molecule has 0 bridgehead atoms. The molecule has 0 heterocycles. The van der Waals surface area contributed by atoms with E-state index in [2.05, 4.69) is 10.6 Å². The van der Waals surface area contributed by atoms with Gasteiger partial charge < -0.3 is 15.7 Å². The molecule has 22 heavy (non-hydrogen) atoms. The second-order valence-corrected chi connectivity index (χ2v) is 6.12. The van der Waals surface area contributed by atoms with Crippen LogP contribution in [0.1, 0.15) is 36.8 Å². The Balaban J connectivity index is 1.60. The van der Waals surface area contributed by atoms with Crippen molar-refractivity contribution in [3.63, 3.8) is 0 Å². The molecule has 5 nitrogen and oxygen atoms in total. The van der Waals surface area contributed by atoms with E-state index < -0.39 is 5.60 Å². The fourth-order valence-corrected chi connectivity index (χ4v) is 2.37. The lowest BCUT2D eigenvalue weighted by molar-refractivity contribution is -0.127. The summed E-state index contributed by atoms with van der Waals surface area (Å²) in [6.45, 7) is 2.25. The highest BCUT2D eigenvalue weighted by molar-refractivity contribution is 5.84. The summed E-state index contributed by atoms with van der Waals surface area (Å²) in [5.74, 6) is -0.401. The van der Waals surface area contributed by atoms with E-state index in [1.165, 1.54) is 5.56 Å². The van der Waals surface area contributed by atoms with E-state index in [0.29, 0.717) is 12.8 Å². The molecule has 2 rings (SSSR count). The highest BCUT2D eigenvalue weighted by Crippen LogP contribution is 2.30. The van der Waals surface area contributed by atoms with Crippen molar-refractivity contribution in [3.05, 3.63) is 35.4 Å². The van der Waals surface area contributed by atoms with Crippen LogP contribution >= 0.6 is 0 Å². The van der Waals surface area contributed by atoms with E-state index in [0.717, 1.165) is 24.8 Å². The van der Waals surface area contributed by atoms with Gasteiger partial charge >= 0.3 is 0 Å². The van der Waals surface area contributed by atoms with Crippen LogP contribution in [0, 0.1) is 6.92 Å². The van der Waals surface area contributed by atoms with Crippen LogP contribution in [0.4, 0.5) is 0 Å². The van der Waals surface area contributed by atoms with Crippen molar-refractivity contribution in [2.45, 2.75) is 44.6 Å². The van der Waals surface area contributed by atoms with E-state index in [1.54, 1.807) is 0 Å². The molecular formula is C17H24N2O3. The Bertz CT molecular complexity index is 521. The number of aliphatic hydroxyl groups is 1.